The second-order valence-electron chi connectivity index (χ2n) is 3.79. The fourth-order valence-corrected chi connectivity index (χ4v) is 1.74. The van der Waals surface area contributed by atoms with E-state index in [1.807, 2.05) is 12.1 Å². The van der Waals surface area contributed by atoms with E-state index in [-0.39, 0.29) is 12.3 Å². The maximum Gasteiger partial charge on any atom is 0.181 e. The predicted molar refractivity (Wildman–Crippen MR) is 75.7 cm³/mol. The average Bonchev–Trinajstić information content (AvgIpc) is 2.38. The zero-order chi connectivity index (χ0) is 13.0. The van der Waals surface area contributed by atoms with Crippen LogP contribution in [0.5, 0.6) is 0 Å². The summed E-state index contributed by atoms with van der Waals surface area (Å²) in [7, 11) is 0. The monoisotopic (exact) mass is 279 g/mol. The molecular weight excluding hydrogens is 269 g/mol. The van der Waals surface area contributed by atoms with Gasteiger partial charge in [0.25, 0.3) is 0 Å². The molecule has 2 aromatic carbocycles. The summed E-state index contributed by atoms with van der Waals surface area (Å²) in [6.45, 7) is 0.239. The average molecular weight is 280 g/mol. The lowest BCUT2D eigenvalue weighted by molar-refractivity contribution is 0.101. The third-order valence-electron chi connectivity index (χ3n) is 2.46. The molecule has 2 nitrogen and oxygen atoms in total. The largest absolute Gasteiger partial charge is 0.378 e. The number of ketones is 1. The van der Waals surface area contributed by atoms with Gasteiger partial charge in [-0.25, -0.2) is 0 Å². The van der Waals surface area contributed by atoms with Crippen LogP contribution in [0.15, 0.2) is 48.5 Å². The molecule has 0 heterocycles. The summed E-state index contributed by atoms with van der Waals surface area (Å²) in [6.07, 6.45) is 0. The topological polar surface area (TPSA) is 29.1 Å². The molecule has 1 N–H and O–H groups in total. The van der Waals surface area contributed by atoms with Gasteiger partial charge < -0.3 is 5.32 Å². The quantitative estimate of drug-likeness (QED) is 0.846. The number of carbonyl (C=O) groups is 1. The van der Waals surface area contributed by atoms with Gasteiger partial charge in [-0.1, -0.05) is 23.2 Å². The number of carbonyl (C=O) groups excluding carboxylic acids is 1. The molecule has 0 aliphatic carbocycles. The molecule has 0 unspecified atom stereocenters. The minimum absolute atomic E-state index is 0.0154. The number of halogens is 2. The lowest BCUT2D eigenvalue weighted by Crippen LogP contribution is -2.13. The van der Waals surface area contributed by atoms with Gasteiger partial charge in [-0.3, -0.25) is 4.79 Å². The summed E-state index contributed by atoms with van der Waals surface area (Å²) in [5.41, 5.74) is 1.50. The van der Waals surface area contributed by atoms with E-state index in [0.717, 1.165) is 5.69 Å². The van der Waals surface area contributed by atoms with Crippen LogP contribution >= 0.6 is 23.2 Å². The molecule has 0 aliphatic heterocycles. The molecule has 92 valence electrons. The normalized spacial score (nSPS) is 10.1. The zero-order valence-corrected chi connectivity index (χ0v) is 11.0. The van der Waals surface area contributed by atoms with Crippen LogP contribution in [-0.2, 0) is 0 Å². The van der Waals surface area contributed by atoms with Gasteiger partial charge >= 0.3 is 0 Å². The van der Waals surface area contributed by atoms with E-state index in [4.69, 9.17) is 23.2 Å². The smallest absolute Gasteiger partial charge is 0.181 e. The zero-order valence-electron chi connectivity index (χ0n) is 9.49. The molecular formula is C14H11Cl2NO. The molecule has 0 aliphatic rings. The number of Topliss-reactive ketones (excluding diaryl/α,β-unsaturated/α-hetero) is 1. The Bertz CT molecular complexity index is 535. The lowest BCUT2D eigenvalue weighted by atomic mass is 10.1. The summed E-state index contributed by atoms with van der Waals surface area (Å²) in [4.78, 5) is 11.9. The van der Waals surface area contributed by atoms with E-state index < -0.39 is 0 Å². The maximum absolute atomic E-state index is 11.9. The highest BCUT2D eigenvalue weighted by Gasteiger charge is 2.05. The molecule has 0 amide bonds. The van der Waals surface area contributed by atoms with Crippen molar-refractivity contribution in [3.63, 3.8) is 0 Å². The van der Waals surface area contributed by atoms with Crippen LogP contribution in [0.25, 0.3) is 0 Å². The van der Waals surface area contributed by atoms with E-state index in [2.05, 4.69) is 5.32 Å². The van der Waals surface area contributed by atoms with Gasteiger partial charge in [0.05, 0.1) is 6.54 Å². The Morgan fingerprint density at radius 3 is 1.94 bits per heavy atom. The molecule has 0 saturated carbocycles. The molecule has 2 aromatic rings. The third kappa shape index (κ3) is 3.49. The third-order valence-corrected chi connectivity index (χ3v) is 2.97. The van der Waals surface area contributed by atoms with Crippen molar-refractivity contribution < 1.29 is 4.79 Å². The van der Waals surface area contributed by atoms with Gasteiger partial charge in [-0.05, 0) is 48.5 Å². The van der Waals surface area contributed by atoms with E-state index in [1.54, 1.807) is 36.4 Å². The first kappa shape index (κ1) is 12.9. The minimum Gasteiger partial charge on any atom is -0.378 e. The van der Waals surface area contributed by atoms with Crippen molar-refractivity contribution in [2.24, 2.45) is 0 Å². The van der Waals surface area contributed by atoms with Crippen molar-refractivity contribution in [1.82, 2.24) is 0 Å². The fraction of sp³-hybridized carbons (Fsp3) is 0.0714. The summed E-state index contributed by atoms with van der Waals surface area (Å²) < 4.78 is 0. The SMILES string of the molecule is O=C(CNc1ccc(Cl)cc1)c1ccc(Cl)cc1. The molecule has 0 fully saturated rings. The lowest BCUT2D eigenvalue weighted by Gasteiger charge is -2.05. The van der Waals surface area contributed by atoms with Crippen LogP contribution in [-0.4, -0.2) is 12.3 Å². The second kappa shape index (κ2) is 5.89. The van der Waals surface area contributed by atoms with Gasteiger partial charge in [0, 0.05) is 21.3 Å². The summed E-state index contributed by atoms with van der Waals surface area (Å²) >= 11 is 11.5. The van der Waals surface area contributed by atoms with Gasteiger partial charge in [0.2, 0.25) is 0 Å². The van der Waals surface area contributed by atoms with Crippen molar-refractivity contribution in [3.05, 3.63) is 64.1 Å². The van der Waals surface area contributed by atoms with Gasteiger partial charge in [0.15, 0.2) is 5.78 Å². The summed E-state index contributed by atoms with van der Waals surface area (Å²) in [5, 5.41) is 4.34. The Labute approximate surface area is 116 Å². The van der Waals surface area contributed by atoms with Gasteiger partial charge in [0.1, 0.15) is 0 Å². The Morgan fingerprint density at radius 2 is 1.39 bits per heavy atom. The van der Waals surface area contributed by atoms with Gasteiger partial charge in [-0.15, -0.1) is 0 Å². The highest BCUT2D eigenvalue weighted by Crippen LogP contribution is 2.14. The van der Waals surface area contributed by atoms with Crippen molar-refractivity contribution in [1.29, 1.82) is 0 Å². The van der Waals surface area contributed by atoms with Crippen LogP contribution in [0, 0.1) is 0 Å². The van der Waals surface area contributed by atoms with E-state index >= 15 is 0 Å². The molecule has 18 heavy (non-hydrogen) atoms. The maximum atomic E-state index is 11.9. The molecule has 0 aromatic heterocycles. The van der Waals surface area contributed by atoms with Crippen molar-refractivity contribution in [2.75, 3.05) is 11.9 Å². The first-order valence-corrected chi connectivity index (χ1v) is 6.19. The predicted octanol–water partition coefficient (Wildman–Crippen LogP) is 4.29. The first-order valence-electron chi connectivity index (χ1n) is 5.43. The number of nitrogens with one attached hydrogen (secondary N) is 1. The van der Waals surface area contributed by atoms with Crippen molar-refractivity contribution in [3.8, 4) is 0 Å². The number of anilines is 1. The number of benzene rings is 2. The highest BCUT2D eigenvalue weighted by atomic mass is 35.5. The number of rotatable bonds is 4. The van der Waals surface area contributed by atoms with E-state index in [0.29, 0.717) is 15.6 Å². The standard InChI is InChI=1S/C14H11Cl2NO/c15-11-3-1-10(2-4-11)14(18)9-17-13-7-5-12(16)6-8-13/h1-8,17H,9H2. The van der Waals surface area contributed by atoms with Crippen LogP contribution in [0.3, 0.4) is 0 Å². The van der Waals surface area contributed by atoms with Gasteiger partial charge in [-0.2, -0.15) is 0 Å². The summed E-state index contributed by atoms with van der Waals surface area (Å²) in [6, 6.07) is 14.1. The van der Waals surface area contributed by atoms with Crippen molar-refractivity contribution >= 4 is 34.7 Å². The first-order chi connectivity index (χ1) is 8.65. The van der Waals surface area contributed by atoms with Crippen LogP contribution in [0.1, 0.15) is 10.4 Å². The van der Waals surface area contributed by atoms with Crippen molar-refractivity contribution in [2.45, 2.75) is 0 Å². The molecule has 0 spiro atoms. The van der Waals surface area contributed by atoms with Crippen LogP contribution in [0.2, 0.25) is 10.0 Å². The van der Waals surface area contributed by atoms with Crippen LogP contribution in [0.4, 0.5) is 5.69 Å². The molecule has 0 saturated heterocycles. The fourth-order valence-electron chi connectivity index (χ4n) is 1.49. The Balaban J connectivity index is 1.96. The Kier molecular flexibility index (Phi) is 4.24. The molecule has 2 rings (SSSR count). The van der Waals surface area contributed by atoms with E-state index in [9.17, 15) is 4.79 Å². The molecule has 4 heteroatoms. The second-order valence-corrected chi connectivity index (χ2v) is 4.66. The summed E-state index contributed by atoms with van der Waals surface area (Å²) in [5.74, 6) is 0.0154. The number of hydrogen-bond donors (Lipinski definition) is 1. The molecule has 0 radical (unpaired) electrons. The molecule has 0 atom stereocenters. The highest BCUT2D eigenvalue weighted by molar-refractivity contribution is 6.31. The van der Waals surface area contributed by atoms with Crippen LogP contribution < -0.4 is 5.32 Å². The minimum atomic E-state index is 0.0154. The Morgan fingerprint density at radius 1 is 0.889 bits per heavy atom. The Hall–Kier alpha value is -1.51. The van der Waals surface area contributed by atoms with E-state index in [1.165, 1.54) is 0 Å². The molecule has 0 bridgehead atoms. The number of hydrogen-bond acceptors (Lipinski definition) is 2.